The molecular weight excluding hydrogens is 755 g/mol. The molecule has 0 saturated carbocycles. The predicted octanol–water partition coefficient (Wildman–Crippen LogP) is 16.4. The number of fused-ring (bicyclic) bond motifs is 7. The van der Waals surface area contributed by atoms with Gasteiger partial charge >= 0.3 is 0 Å². The highest BCUT2D eigenvalue weighted by molar-refractivity contribution is 7.26. The van der Waals surface area contributed by atoms with Crippen LogP contribution in [0.25, 0.3) is 64.3 Å². The van der Waals surface area contributed by atoms with E-state index >= 15 is 0 Å². The number of hydrogen-bond donors (Lipinski definition) is 0. The second-order valence-corrected chi connectivity index (χ2v) is 17.0. The minimum Gasteiger partial charge on any atom is -0.309 e. The first-order valence-electron chi connectivity index (χ1n) is 21.0. The Morgan fingerprint density at radius 2 is 0.934 bits per heavy atom. The number of thiophene rings is 1. The van der Waals surface area contributed by atoms with Gasteiger partial charge in [0.25, 0.3) is 0 Å². The fourth-order valence-corrected chi connectivity index (χ4v) is 11.3. The lowest BCUT2D eigenvalue weighted by Gasteiger charge is -2.35. The van der Waals surface area contributed by atoms with E-state index in [1.165, 1.54) is 92.3 Å². The van der Waals surface area contributed by atoms with Crippen LogP contribution in [-0.4, -0.2) is 0 Å². The van der Waals surface area contributed by atoms with Crippen molar-refractivity contribution in [1.29, 1.82) is 0 Å². The molecule has 0 atom stereocenters. The lowest BCUT2D eigenvalue weighted by atomic mass is 9.67. The highest BCUT2D eigenvalue weighted by atomic mass is 32.1. The minimum absolute atomic E-state index is 0.568. The van der Waals surface area contributed by atoms with Crippen molar-refractivity contribution in [1.82, 2.24) is 0 Å². The standard InChI is InChI=1S/C59H39NS/c1-4-17-41(18-5-1)49-28-15-30-53-57(49)52-38-37-46(39-54(52)59(53,43-21-6-2-7-22-43)44-23-8-3-9-24-44)60(55-31-16-29-51-50-26-12-13-32-56(50)61-58(51)55)45-35-33-42(34-36-45)48-27-14-20-40-19-10-11-25-47(40)48/h1-39H. The number of rotatable bonds is 7. The molecule has 11 aromatic rings. The number of benzene rings is 10. The second kappa shape index (κ2) is 14.3. The molecule has 1 aliphatic rings. The fraction of sp³-hybridized carbons (Fsp3) is 0.0169. The monoisotopic (exact) mass is 793 g/mol. The van der Waals surface area contributed by atoms with E-state index in [4.69, 9.17) is 0 Å². The molecule has 0 unspecified atom stereocenters. The van der Waals surface area contributed by atoms with E-state index in [0.29, 0.717) is 0 Å². The van der Waals surface area contributed by atoms with Crippen LogP contribution in [0.1, 0.15) is 22.3 Å². The predicted molar refractivity (Wildman–Crippen MR) is 260 cm³/mol. The van der Waals surface area contributed by atoms with E-state index in [1.807, 2.05) is 11.3 Å². The molecular formula is C59H39NS. The zero-order valence-corrected chi connectivity index (χ0v) is 34.2. The summed E-state index contributed by atoms with van der Waals surface area (Å²) in [5.74, 6) is 0. The topological polar surface area (TPSA) is 3.24 Å². The maximum Gasteiger partial charge on any atom is 0.0714 e. The van der Waals surface area contributed by atoms with Gasteiger partial charge in [0.15, 0.2) is 0 Å². The lowest BCUT2D eigenvalue weighted by Crippen LogP contribution is -2.28. The van der Waals surface area contributed by atoms with Gasteiger partial charge < -0.3 is 4.90 Å². The van der Waals surface area contributed by atoms with Gasteiger partial charge in [-0.15, -0.1) is 11.3 Å². The summed E-state index contributed by atoms with van der Waals surface area (Å²) in [6.45, 7) is 0. The van der Waals surface area contributed by atoms with Crippen molar-refractivity contribution in [3.63, 3.8) is 0 Å². The van der Waals surface area contributed by atoms with Crippen molar-refractivity contribution in [3.05, 3.63) is 259 Å². The zero-order chi connectivity index (χ0) is 40.3. The van der Waals surface area contributed by atoms with Crippen LogP contribution in [-0.2, 0) is 5.41 Å². The number of hydrogen-bond acceptors (Lipinski definition) is 2. The summed E-state index contributed by atoms with van der Waals surface area (Å²) >= 11 is 1.87. The molecule has 0 N–H and O–H groups in total. The molecule has 61 heavy (non-hydrogen) atoms. The molecule has 0 aliphatic heterocycles. The van der Waals surface area contributed by atoms with Gasteiger partial charge in [-0.2, -0.15) is 0 Å². The lowest BCUT2D eigenvalue weighted by molar-refractivity contribution is 0.768. The van der Waals surface area contributed by atoms with Crippen LogP contribution in [0, 0.1) is 0 Å². The Hall–Kier alpha value is -7.52. The molecule has 1 aromatic heterocycles. The van der Waals surface area contributed by atoms with Gasteiger partial charge in [-0.25, -0.2) is 0 Å². The van der Waals surface area contributed by atoms with Gasteiger partial charge in [0.2, 0.25) is 0 Å². The van der Waals surface area contributed by atoms with E-state index < -0.39 is 5.41 Å². The SMILES string of the molecule is c1ccc(-c2cccc3c2-c2ccc(N(c4ccc(-c5cccc6ccccc56)cc4)c4cccc5c4sc4ccccc45)cc2C3(c2ccccc2)c2ccccc2)cc1. The summed E-state index contributed by atoms with van der Waals surface area (Å²) in [6, 6.07) is 87.4. The molecule has 0 amide bonds. The van der Waals surface area contributed by atoms with Crippen LogP contribution in [0.3, 0.4) is 0 Å². The summed E-state index contributed by atoms with van der Waals surface area (Å²) in [4.78, 5) is 2.49. The quantitative estimate of drug-likeness (QED) is 0.155. The molecule has 10 aromatic carbocycles. The molecule has 0 fully saturated rings. The zero-order valence-electron chi connectivity index (χ0n) is 33.4. The Morgan fingerprint density at radius 3 is 1.70 bits per heavy atom. The third-order valence-electron chi connectivity index (χ3n) is 12.8. The Balaban J connectivity index is 1.14. The largest absolute Gasteiger partial charge is 0.309 e. The van der Waals surface area contributed by atoms with Crippen LogP contribution in [0.2, 0.25) is 0 Å². The molecule has 2 heteroatoms. The summed E-state index contributed by atoms with van der Waals surface area (Å²) in [5.41, 5.74) is 15.4. The average Bonchev–Trinajstić information content (AvgIpc) is 3.87. The van der Waals surface area contributed by atoms with Gasteiger partial charge in [-0.1, -0.05) is 200 Å². The number of nitrogens with zero attached hydrogens (tertiary/aromatic N) is 1. The Kier molecular flexibility index (Phi) is 8.33. The maximum atomic E-state index is 2.49. The normalized spacial score (nSPS) is 12.7. The molecule has 0 bridgehead atoms. The van der Waals surface area contributed by atoms with E-state index in [0.717, 1.165) is 11.4 Å². The average molecular weight is 794 g/mol. The van der Waals surface area contributed by atoms with Gasteiger partial charge in [0.05, 0.1) is 15.8 Å². The molecule has 1 heterocycles. The van der Waals surface area contributed by atoms with E-state index in [-0.39, 0.29) is 0 Å². The Bertz CT molecular complexity index is 3360. The summed E-state index contributed by atoms with van der Waals surface area (Å²) in [7, 11) is 0. The third-order valence-corrected chi connectivity index (χ3v) is 14.0. The van der Waals surface area contributed by atoms with Crippen LogP contribution in [0.5, 0.6) is 0 Å². The van der Waals surface area contributed by atoms with Crippen molar-refractivity contribution in [3.8, 4) is 33.4 Å². The smallest absolute Gasteiger partial charge is 0.0714 e. The van der Waals surface area contributed by atoms with Gasteiger partial charge in [0.1, 0.15) is 0 Å². The third kappa shape index (κ3) is 5.53. The van der Waals surface area contributed by atoms with Gasteiger partial charge in [0, 0.05) is 26.8 Å². The van der Waals surface area contributed by atoms with Crippen LogP contribution in [0.4, 0.5) is 17.1 Å². The van der Waals surface area contributed by atoms with Crippen molar-refractivity contribution in [2.75, 3.05) is 4.90 Å². The summed E-state index contributed by atoms with van der Waals surface area (Å²) < 4.78 is 2.57. The maximum absolute atomic E-state index is 2.49. The van der Waals surface area contributed by atoms with Crippen molar-refractivity contribution in [2.45, 2.75) is 5.41 Å². The first kappa shape index (κ1) is 35.4. The Morgan fingerprint density at radius 1 is 0.361 bits per heavy atom. The molecule has 12 rings (SSSR count). The Labute approximate surface area is 360 Å². The van der Waals surface area contributed by atoms with Crippen molar-refractivity contribution < 1.29 is 0 Å². The van der Waals surface area contributed by atoms with Gasteiger partial charge in [-0.05, 0) is 103 Å². The molecule has 0 radical (unpaired) electrons. The highest BCUT2D eigenvalue weighted by Crippen LogP contribution is 2.59. The van der Waals surface area contributed by atoms with E-state index in [1.54, 1.807) is 0 Å². The molecule has 0 saturated heterocycles. The van der Waals surface area contributed by atoms with E-state index in [2.05, 4.69) is 241 Å². The molecule has 1 nitrogen and oxygen atoms in total. The second-order valence-electron chi connectivity index (χ2n) is 16.0. The van der Waals surface area contributed by atoms with Crippen LogP contribution in [0.15, 0.2) is 237 Å². The van der Waals surface area contributed by atoms with Gasteiger partial charge in [-0.3, -0.25) is 0 Å². The van der Waals surface area contributed by atoms with E-state index in [9.17, 15) is 0 Å². The minimum atomic E-state index is -0.568. The molecule has 1 aliphatic carbocycles. The highest BCUT2D eigenvalue weighted by Gasteiger charge is 2.47. The van der Waals surface area contributed by atoms with Crippen molar-refractivity contribution >= 4 is 59.3 Å². The van der Waals surface area contributed by atoms with Crippen LogP contribution < -0.4 is 4.90 Å². The summed E-state index contributed by atoms with van der Waals surface area (Å²) in [5, 5.41) is 5.08. The molecule has 286 valence electrons. The summed E-state index contributed by atoms with van der Waals surface area (Å²) in [6.07, 6.45) is 0. The first-order valence-corrected chi connectivity index (χ1v) is 21.8. The first-order chi connectivity index (χ1) is 30.3. The van der Waals surface area contributed by atoms with Crippen LogP contribution >= 0.6 is 11.3 Å². The van der Waals surface area contributed by atoms with Crippen molar-refractivity contribution in [2.24, 2.45) is 0 Å². The fourth-order valence-electron chi connectivity index (χ4n) is 10.1. The number of anilines is 3. The molecule has 0 spiro atoms.